The average Bonchev–Trinajstić information content (AvgIpc) is 2.62. The number of nitrogens with one attached hydrogen (secondary N) is 2. The van der Waals surface area contributed by atoms with E-state index in [1.807, 2.05) is 37.3 Å². The lowest BCUT2D eigenvalue weighted by molar-refractivity contribution is -0.139. The first kappa shape index (κ1) is 19.0. The second kappa shape index (κ2) is 9.20. The van der Waals surface area contributed by atoms with E-state index in [2.05, 4.69) is 10.6 Å². The van der Waals surface area contributed by atoms with Crippen LogP contribution in [0.25, 0.3) is 0 Å². The van der Waals surface area contributed by atoms with Crippen LogP contribution in [-0.4, -0.2) is 23.5 Å². The van der Waals surface area contributed by atoms with E-state index in [0.29, 0.717) is 10.6 Å². The van der Waals surface area contributed by atoms with Gasteiger partial charge in [-0.25, -0.2) is 0 Å². The summed E-state index contributed by atoms with van der Waals surface area (Å²) in [6.07, 6.45) is -0.474. The maximum absolute atomic E-state index is 11.9. The Kier molecular flexibility index (Phi) is 6.98. The van der Waals surface area contributed by atoms with Crippen LogP contribution in [0.2, 0.25) is 5.02 Å². The smallest absolute Gasteiger partial charge is 0.309 e. The summed E-state index contributed by atoms with van der Waals surface area (Å²) in [5, 5.41) is 15.8. The summed E-state index contributed by atoms with van der Waals surface area (Å²) in [5.74, 6) is -1.42. The summed E-state index contributed by atoms with van der Waals surface area (Å²) >= 11 is 5.88. The molecule has 2 amide bonds. The number of halogens is 1. The fourth-order valence-corrected chi connectivity index (χ4v) is 2.57. The molecule has 2 aromatic carbocycles. The van der Waals surface area contributed by atoms with E-state index in [1.165, 1.54) is 0 Å². The molecule has 6 heteroatoms. The molecule has 0 aromatic heterocycles. The molecule has 2 rings (SSSR count). The van der Waals surface area contributed by atoms with E-state index in [9.17, 15) is 14.7 Å². The Balaban J connectivity index is 1.77. The zero-order valence-corrected chi connectivity index (χ0v) is 14.7. The van der Waals surface area contributed by atoms with Crippen molar-refractivity contribution in [1.82, 2.24) is 10.6 Å². The summed E-state index contributed by atoms with van der Waals surface area (Å²) in [7, 11) is 0. The van der Waals surface area contributed by atoms with Gasteiger partial charge in [-0.3, -0.25) is 9.59 Å². The van der Waals surface area contributed by atoms with Crippen LogP contribution in [0.4, 0.5) is 0 Å². The molecule has 132 valence electrons. The Labute approximate surface area is 152 Å². The molecule has 0 aliphatic carbocycles. The third-order valence-corrected chi connectivity index (χ3v) is 4.03. The molecule has 0 radical (unpaired) electrons. The second-order valence-corrected chi connectivity index (χ2v) is 6.16. The second-order valence-electron chi connectivity index (χ2n) is 5.72. The van der Waals surface area contributed by atoms with Crippen LogP contribution < -0.4 is 10.6 Å². The Hall–Kier alpha value is -2.37. The van der Waals surface area contributed by atoms with Crippen LogP contribution in [0.1, 0.15) is 36.6 Å². The van der Waals surface area contributed by atoms with E-state index in [4.69, 9.17) is 11.6 Å². The molecule has 0 fully saturated rings. The Bertz CT molecular complexity index is 722. The highest BCUT2D eigenvalue weighted by Crippen LogP contribution is 2.19. The highest BCUT2D eigenvalue weighted by molar-refractivity contribution is 6.35. The highest BCUT2D eigenvalue weighted by Gasteiger charge is 2.17. The summed E-state index contributed by atoms with van der Waals surface area (Å²) in [5.41, 5.74) is 1.59. The van der Waals surface area contributed by atoms with Crippen molar-refractivity contribution in [2.75, 3.05) is 6.54 Å². The Morgan fingerprint density at radius 1 is 1.04 bits per heavy atom. The maximum Gasteiger partial charge on any atom is 0.309 e. The SMILES string of the molecule is C[C@H](NC(=O)C(=O)NCC[C@@H](O)c1cccc(Cl)c1)c1ccccc1. The number of carbonyl (C=O) groups is 2. The van der Waals surface area contributed by atoms with Crippen molar-refractivity contribution in [3.8, 4) is 0 Å². The van der Waals surface area contributed by atoms with Gasteiger partial charge >= 0.3 is 11.8 Å². The van der Waals surface area contributed by atoms with Crippen molar-refractivity contribution >= 4 is 23.4 Å². The van der Waals surface area contributed by atoms with Gasteiger partial charge in [0.15, 0.2) is 0 Å². The number of aliphatic hydroxyl groups is 1. The predicted octanol–water partition coefficient (Wildman–Crippen LogP) is 2.76. The first-order valence-corrected chi connectivity index (χ1v) is 8.42. The molecular weight excluding hydrogens is 340 g/mol. The summed E-state index contributed by atoms with van der Waals surface area (Å²) in [6, 6.07) is 16.0. The van der Waals surface area contributed by atoms with Crippen molar-refractivity contribution in [1.29, 1.82) is 0 Å². The first-order chi connectivity index (χ1) is 12.0. The molecule has 0 bridgehead atoms. The van der Waals surface area contributed by atoms with Crippen LogP contribution in [0, 0.1) is 0 Å². The third-order valence-electron chi connectivity index (χ3n) is 3.79. The van der Waals surface area contributed by atoms with Crippen molar-refractivity contribution < 1.29 is 14.7 Å². The van der Waals surface area contributed by atoms with Gasteiger partial charge in [-0.15, -0.1) is 0 Å². The topological polar surface area (TPSA) is 78.4 Å². The molecule has 0 spiro atoms. The molecule has 2 aromatic rings. The van der Waals surface area contributed by atoms with Crippen LogP contribution in [0.15, 0.2) is 54.6 Å². The molecule has 2 atom stereocenters. The Morgan fingerprint density at radius 3 is 2.40 bits per heavy atom. The van der Waals surface area contributed by atoms with Crippen molar-refractivity contribution in [2.45, 2.75) is 25.5 Å². The quantitative estimate of drug-likeness (QED) is 0.693. The molecule has 0 saturated heterocycles. The fraction of sp³-hybridized carbons (Fsp3) is 0.263. The van der Waals surface area contributed by atoms with Crippen LogP contribution in [0.5, 0.6) is 0 Å². The van der Waals surface area contributed by atoms with E-state index >= 15 is 0 Å². The number of rotatable bonds is 6. The molecule has 25 heavy (non-hydrogen) atoms. The van der Waals surface area contributed by atoms with Gasteiger partial charge < -0.3 is 15.7 Å². The fourth-order valence-electron chi connectivity index (χ4n) is 2.37. The standard InChI is InChI=1S/C19H21ClN2O3/c1-13(14-6-3-2-4-7-14)22-19(25)18(24)21-11-10-17(23)15-8-5-9-16(20)12-15/h2-9,12-13,17,23H,10-11H2,1H3,(H,21,24)(H,22,25)/t13-,17+/m0/s1. The molecule has 0 saturated carbocycles. The molecule has 5 nitrogen and oxygen atoms in total. The number of amides is 2. The molecule has 0 unspecified atom stereocenters. The summed E-state index contributed by atoms with van der Waals surface area (Å²) < 4.78 is 0. The molecule has 0 aliphatic rings. The monoisotopic (exact) mass is 360 g/mol. The minimum atomic E-state index is -0.759. The van der Waals surface area contributed by atoms with E-state index in [-0.39, 0.29) is 19.0 Å². The number of hydrogen-bond donors (Lipinski definition) is 3. The lowest BCUT2D eigenvalue weighted by Crippen LogP contribution is -2.41. The maximum atomic E-state index is 11.9. The van der Waals surface area contributed by atoms with Gasteiger partial charge in [-0.1, -0.05) is 54.1 Å². The van der Waals surface area contributed by atoms with Crippen LogP contribution in [0.3, 0.4) is 0 Å². The molecule has 0 aliphatic heterocycles. The van der Waals surface area contributed by atoms with Crippen molar-refractivity contribution in [2.24, 2.45) is 0 Å². The zero-order valence-electron chi connectivity index (χ0n) is 13.9. The van der Waals surface area contributed by atoms with Crippen LogP contribution >= 0.6 is 11.6 Å². The van der Waals surface area contributed by atoms with E-state index < -0.39 is 17.9 Å². The zero-order chi connectivity index (χ0) is 18.2. The lowest BCUT2D eigenvalue weighted by atomic mass is 10.1. The minimum Gasteiger partial charge on any atom is -0.388 e. The predicted molar refractivity (Wildman–Crippen MR) is 97.0 cm³/mol. The van der Waals surface area contributed by atoms with Gasteiger partial charge in [-0.2, -0.15) is 0 Å². The Morgan fingerprint density at radius 2 is 1.72 bits per heavy atom. The number of carbonyl (C=O) groups excluding carboxylic acids is 2. The highest BCUT2D eigenvalue weighted by atomic mass is 35.5. The molecular formula is C19H21ClN2O3. The lowest BCUT2D eigenvalue weighted by Gasteiger charge is -2.15. The normalized spacial score (nSPS) is 12.9. The van der Waals surface area contributed by atoms with Crippen molar-refractivity contribution in [3.63, 3.8) is 0 Å². The van der Waals surface area contributed by atoms with Gasteiger partial charge in [-0.05, 0) is 36.6 Å². The van der Waals surface area contributed by atoms with Gasteiger partial charge in [0.1, 0.15) is 0 Å². The molecule has 3 N–H and O–H groups in total. The summed E-state index contributed by atoms with van der Waals surface area (Å²) in [4.78, 5) is 23.8. The van der Waals surface area contributed by atoms with Gasteiger partial charge in [0.2, 0.25) is 0 Å². The van der Waals surface area contributed by atoms with Gasteiger partial charge in [0, 0.05) is 11.6 Å². The van der Waals surface area contributed by atoms with Gasteiger partial charge in [0.05, 0.1) is 12.1 Å². The van der Waals surface area contributed by atoms with Crippen LogP contribution in [-0.2, 0) is 9.59 Å². The number of hydrogen-bond acceptors (Lipinski definition) is 3. The van der Waals surface area contributed by atoms with Gasteiger partial charge in [0.25, 0.3) is 0 Å². The number of aliphatic hydroxyl groups excluding tert-OH is 1. The number of benzene rings is 2. The average molecular weight is 361 g/mol. The van der Waals surface area contributed by atoms with Crippen molar-refractivity contribution in [3.05, 3.63) is 70.7 Å². The largest absolute Gasteiger partial charge is 0.388 e. The van der Waals surface area contributed by atoms with E-state index in [0.717, 1.165) is 5.56 Å². The molecule has 0 heterocycles. The third kappa shape index (κ3) is 5.89. The summed E-state index contributed by atoms with van der Waals surface area (Å²) in [6.45, 7) is 1.99. The van der Waals surface area contributed by atoms with E-state index in [1.54, 1.807) is 24.3 Å². The minimum absolute atomic E-state index is 0.180. The first-order valence-electron chi connectivity index (χ1n) is 8.04.